The zero-order valence-electron chi connectivity index (χ0n) is 10.5. The molecule has 0 saturated carbocycles. The van der Waals surface area contributed by atoms with Crippen LogP contribution >= 0.6 is 0 Å². The Bertz CT molecular complexity index is 254. The standard InChI is InChI=1S/C13H22O2/c1-10(2)6-7-11(14)8-9-12(15)13(3,4)5/h6-7,10H,8-9H2,1-5H3/b7-6+. The molecule has 0 heterocycles. The Morgan fingerprint density at radius 1 is 1.13 bits per heavy atom. The second-order valence-corrected chi connectivity index (χ2v) is 5.24. The van der Waals surface area contributed by atoms with Gasteiger partial charge in [0.1, 0.15) is 5.78 Å². The lowest BCUT2D eigenvalue weighted by Crippen LogP contribution is -2.20. The third-order valence-corrected chi connectivity index (χ3v) is 2.10. The van der Waals surface area contributed by atoms with Crippen molar-refractivity contribution >= 4 is 11.6 Å². The van der Waals surface area contributed by atoms with Crippen molar-refractivity contribution in [2.45, 2.75) is 47.5 Å². The number of ketones is 2. The summed E-state index contributed by atoms with van der Waals surface area (Å²) in [6.45, 7) is 9.67. The van der Waals surface area contributed by atoms with Gasteiger partial charge in [0.05, 0.1) is 0 Å². The summed E-state index contributed by atoms with van der Waals surface area (Å²) >= 11 is 0. The Balaban J connectivity index is 3.97. The number of hydrogen-bond donors (Lipinski definition) is 0. The summed E-state index contributed by atoms with van der Waals surface area (Å²) in [5, 5.41) is 0. The van der Waals surface area contributed by atoms with Crippen molar-refractivity contribution in [1.82, 2.24) is 0 Å². The minimum Gasteiger partial charge on any atom is -0.299 e. The van der Waals surface area contributed by atoms with Gasteiger partial charge in [-0.15, -0.1) is 0 Å². The van der Waals surface area contributed by atoms with Crippen molar-refractivity contribution in [2.75, 3.05) is 0 Å². The van der Waals surface area contributed by atoms with Crippen LogP contribution in [0.1, 0.15) is 47.5 Å². The maximum Gasteiger partial charge on any atom is 0.155 e. The van der Waals surface area contributed by atoms with Crippen molar-refractivity contribution in [1.29, 1.82) is 0 Å². The molecule has 0 atom stereocenters. The number of carbonyl (C=O) groups is 2. The number of carbonyl (C=O) groups excluding carboxylic acids is 2. The molecule has 0 aromatic heterocycles. The highest BCUT2D eigenvalue weighted by Gasteiger charge is 2.20. The van der Waals surface area contributed by atoms with Crippen LogP contribution in [0.5, 0.6) is 0 Å². The molecule has 0 aromatic carbocycles. The number of Topliss-reactive ketones (excluding diaryl/α,β-unsaturated/α-hetero) is 1. The average molecular weight is 210 g/mol. The first-order valence-corrected chi connectivity index (χ1v) is 5.48. The SMILES string of the molecule is CC(C)/C=C/C(=O)CCC(=O)C(C)(C)C. The molecule has 0 aliphatic rings. The van der Waals surface area contributed by atoms with Gasteiger partial charge in [0.2, 0.25) is 0 Å². The van der Waals surface area contributed by atoms with Crippen LogP contribution in [0.25, 0.3) is 0 Å². The van der Waals surface area contributed by atoms with Gasteiger partial charge < -0.3 is 0 Å². The van der Waals surface area contributed by atoms with Crippen LogP contribution in [-0.2, 0) is 9.59 Å². The molecule has 0 fully saturated rings. The molecule has 2 heteroatoms. The van der Waals surface area contributed by atoms with E-state index < -0.39 is 0 Å². The smallest absolute Gasteiger partial charge is 0.155 e. The highest BCUT2D eigenvalue weighted by atomic mass is 16.1. The van der Waals surface area contributed by atoms with Crippen molar-refractivity contribution in [3.05, 3.63) is 12.2 Å². The Kier molecular flexibility index (Phi) is 5.48. The van der Waals surface area contributed by atoms with Crippen molar-refractivity contribution < 1.29 is 9.59 Å². The molecule has 0 saturated heterocycles. The molecular formula is C13H22O2. The monoisotopic (exact) mass is 210 g/mol. The van der Waals surface area contributed by atoms with Gasteiger partial charge in [-0.3, -0.25) is 9.59 Å². The molecule has 0 radical (unpaired) electrons. The molecule has 0 spiro atoms. The van der Waals surface area contributed by atoms with Gasteiger partial charge in [0.25, 0.3) is 0 Å². The van der Waals surface area contributed by atoms with E-state index in [0.29, 0.717) is 18.8 Å². The molecular weight excluding hydrogens is 188 g/mol. The largest absolute Gasteiger partial charge is 0.299 e. The summed E-state index contributed by atoms with van der Waals surface area (Å²) in [6.07, 6.45) is 4.13. The van der Waals surface area contributed by atoms with Crippen molar-refractivity contribution in [3.8, 4) is 0 Å². The summed E-state index contributed by atoms with van der Waals surface area (Å²) in [4.78, 5) is 22.9. The number of rotatable bonds is 5. The Morgan fingerprint density at radius 3 is 2.07 bits per heavy atom. The van der Waals surface area contributed by atoms with Crippen LogP contribution < -0.4 is 0 Å². The van der Waals surface area contributed by atoms with Crippen LogP contribution in [0.4, 0.5) is 0 Å². The third-order valence-electron chi connectivity index (χ3n) is 2.10. The van der Waals surface area contributed by atoms with Crippen LogP contribution in [-0.4, -0.2) is 11.6 Å². The Hall–Kier alpha value is -0.920. The molecule has 0 aliphatic heterocycles. The Morgan fingerprint density at radius 2 is 1.67 bits per heavy atom. The molecule has 86 valence electrons. The van der Waals surface area contributed by atoms with Gasteiger partial charge in [0, 0.05) is 18.3 Å². The topological polar surface area (TPSA) is 34.1 Å². The third kappa shape index (κ3) is 7.06. The van der Waals surface area contributed by atoms with Gasteiger partial charge in [0.15, 0.2) is 5.78 Å². The van der Waals surface area contributed by atoms with E-state index in [-0.39, 0.29) is 17.0 Å². The number of hydrogen-bond acceptors (Lipinski definition) is 2. The molecule has 0 N–H and O–H groups in total. The lowest BCUT2D eigenvalue weighted by atomic mass is 9.88. The van der Waals surface area contributed by atoms with E-state index in [2.05, 4.69) is 0 Å². The quantitative estimate of drug-likeness (QED) is 0.653. The van der Waals surface area contributed by atoms with E-state index in [4.69, 9.17) is 0 Å². The van der Waals surface area contributed by atoms with Gasteiger partial charge in [-0.25, -0.2) is 0 Å². The van der Waals surface area contributed by atoms with E-state index in [0.717, 1.165) is 0 Å². The maximum atomic E-state index is 11.5. The normalized spacial score (nSPS) is 12.4. The van der Waals surface area contributed by atoms with E-state index in [1.807, 2.05) is 40.7 Å². The molecule has 0 aromatic rings. The Labute approximate surface area is 92.8 Å². The fraction of sp³-hybridized carbons (Fsp3) is 0.692. The van der Waals surface area contributed by atoms with Crippen molar-refractivity contribution in [3.63, 3.8) is 0 Å². The summed E-state index contributed by atoms with van der Waals surface area (Å²) in [5.41, 5.74) is -0.331. The van der Waals surface area contributed by atoms with Gasteiger partial charge in [-0.05, 0) is 12.0 Å². The second-order valence-electron chi connectivity index (χ2n) is 5.24. The highest BCUT2D eigenvalue weighted by molar-refractivity contribution is 5.94. The molecule has 2 nitrogen and oxygen atoms in total. The maximum absolute atomic E-state index is 11.5. The minimum absolute atomic E-state index is 0.0429. The van der Waals surface area contributed by atoms with E-state index in [1.165, 1.54) is 0 Å². The van der Waals surface area contributed by atoms with Crippen LogP contribution in [0.2, 0.25) is 0 Å². The first-order valence-electron chi connectivity index (χ1n) is 5.48. The molecule has 0 amide bonds. The van der Waals surface area contributed by atoms with Gasteiger partial charge >= 0.3 is 0 Å². The minimum atomic E-state index is -0.331. The summed E-state index contributed by atoms with van der Waals surface area (Å²) in [7, 11) is 0. The van der Waals surface area contributed by atoms with Gasteiger partial charge in [-0.2, -0.15) is 0 Å². The van der Waals surface area contributed by atoms with Crippen LogP contribution in [0.15, 0.2) is 12.2 Å². The van der Waals surface area contributed by atoms with E-state index >= 15 is 0 Å². The van der Waals surface area contributed by atoms with Crippen molar-refractivity contribution in [2.24, 2.45) is 11.3 Å². The summed E-state index contributed by atoms with van der Waals surface area (Å²) in [5.74, 6) is 0.572. The first-order chi connectivity index (χ1) is 6.73. The first kappa shape index (κ1) is 14.1. The van der Waals surface area contributed by atoms with Crippen LogP contribution in [0.3, 0.4) is 0 Å². The zero-order chi connectivity index (χ0) is 12.1. The zero-order valence-corrected chi connectivity index (χ0v) is 10.5. The highest BCUT2D eigenvalue weighted by Crippen LogP contribution is 2.17. The molecule has 15 heavy (non-hydrogen) atoms. The molecule has 0 bridgehead atoms. The fourth-order valence-electron chi connectivity index (χ4n) is 0.995. The van der Waals surface area contributed by atoms with Gasteiger partial charge in [-0.1, -0.05) is 40.7 Å². The second kappa shape index (κ2) is 5.84. The lowest BCUT2D eigenvalue weighted by Gasteiger charge is -2.15. The average Bonchev–Trinajstić information content (AvgIpc) is 2.09. The van der Waals surface area contributed by atoms with E-state index in [9.17, 15) is 9.59 Å². The van der Waals surface area contributed by atoms with Crippen LogP contribution in [0, 0.1) is 11.3 Å². The fourth-order valence-corrected chi connectivity index (χ4v) is 0.995. The summed E-state index contributed by atoms with van der Waals surface area (Å²) in [6, 6.07) is 0. The molecule has 0 aliphatic carbocycles. The molecule has 0 unspecified atom stereocenters. The number of allylic oxidation sites excluding steroid dienone is 2. The summed E-state index contributed by atoms with van der Waals surface area (Å²) < 4.78 is 0. The predicted octanol–water partition coefficient (Wildman–Crippen LogP) is 3.16. The van der Waals surface area contributed by atoms with E-state index in [1.54, 1.807) is 6.08 Å². The predicted molar refractivity (Wildman–Crippen MR) is 62.7 cm³/mol. The lowest BCUT2D eigenvalue weighted by molar-refractivity contribution is -0.128. The molecule has 0 rings (SSSR count).